The molecule has 1 fully saturated rings. The standard InChI is InChI=1S/C24H34N2O4/c1-4-5-15-30-16-9-14-26-23(27)21(19-11-6-7-12-20(19)29-3)22(24(26)28)25-13-8-10-18(2)17-25/h6-7,11-12,18H,4-5,8-10,13-17H2,1-3H3. The van der Waals surface area contributed by atoms with Gasteiger partial charge in [-0.1, -0.05) is 38.5 Å². The fourth-order valence-electron chi connectivity index (χ4n) is 4.22. The number of para-hydroxylation sites is 1. The summed E-state index contributed by atoms with van der Waals surface area (Å²) in [6, 6.07) is 7.45. The van der Waals surface area contributed by atoms with E-state index in [1.54, 1.807) is 7.11 Å². The molecule has 0 saturated carbocycles. The molecule has 2 heterocycles. The number of piperidine rings is 1. The lowest BCUT2D eigenvalue weighted by Crippen LogP contribution is -2.39. The Labute approximate surface area is 179 Å². The summed E-state index contributed by atoms with van der Waals surface area (Å²) in [5.74, 6) is 0.685. The van der Waals surface area contributed by atoms with Crippen LogP contribution in [0.3, 0.4) is 0 Å². The van der Waals surface area contributed by atoms with Gasteiger partial charge in [0.25, 0.3) is 11.8 Å². The molecule has 30 heavy (non-hydrogen) atoms. The average Bonchev–Trinajstić information content (AvgIpc) is 3.00. The van der Waals surface area contributed by atoms with Gasteiger partial charge in [-0.2, -0.15) is 0 Å². The fourth-order valence-corrected chi connectivity index (χ4v) is 4.22. The number of nitrogens with zero attached hydrogens (tertiary/aromatic N) is 2. The highest BCUT2D eigenvalue weighted by Gasteiger charge is 2.42. The quantitative estimate of drug-likeness (QED) is 0.431. The van der Waals surface area contributed by atoms with Crippen LogP contribution in [-0.2, 0) is 14.3 Å². The van der Waals surface area contributed by atoms with E-state index < -0.39 is 0 Å². The van der Waals surface area contributed by atoms with Crippen LogP contribution < -0.4 is 4.74 Å². The first kappa shape index (κ1) is 22.3. The molecule has 0 aliphatic carbocycles. The van der Waals surface area contributed by atoms with Gasteiger partial charge < -0.3 is 14.4 Å². The lowest BCUT2D eigenvalue weighted by molar-refractivity contribution is -0.137. The van der Waals surface area contributed by atoms with Gasteiger partial charge in [-0.05, 0) is 37.7 Å². The van der Waals surface area contributed by atoms with Crippen LogP contribution in [0.15, 0.2) is 30.0 Å². The second-order valence-electron chi connectivity index (χ2n) is 8.20. The highest BCUT2D eigenvalue weighted by molar-refractivity contribution is 6.36. The molecular weight excluding hydrogens is 380 g/mol. The number of benzene rings is 1. The average molecular weight is 415 g/mol. The zero-order valence-electron chi connectivity index (χ0n) is 18.5. The molecule has 164 valence electrons. The van der Waals surface area contributed by atoms with Gasteiger partial charge in [0.15, 0.2) is 0 Å². The van der Waals surface area contributed by atoms with Crippen molar-refractivity contribution in [2.75, 3.05) is 40.0 Å². The fraction of sp³-hybridized carbons (Fsp3) is 0.583. The topological polar surface area (TPSA) is 59.1 Å². The van der Waals surface area contributed by atoms with Crippen molar-refractivity contribution in [3.8, 4) is 5.75 Å². The maximum absolute atomic E-state index is 13.4. The van der Waals surface area contributed by atoms with Crippen molar-refractivity contribution < 1.29 is 19.1 Å². The van der Waals surface area contributed by atoms with Gasteiger partial charge in [-0.3, -0.25) is 14.5 Å². The predicted octanol–water partition coefficient (Wildman–Crippen LogP) is 3.71. The number of unbranched alkanes of at least 4 members (excludes halogenated alkanes) is 1. The summed E-state index contributed by atoms with van der Waals surface area (Å²) in [4.78, 5) is 30.3. The predicted molar refractivity (Wildman–Crippen MR) is 117 cm³/mol. The van der Waals surface area contributed by atoms with Crippen molar-refractivity contribution in [2.24, 2.45) is 5.92 Å². The second-order valence-corrected chi connectivity index (χ2v) is 8.20. The van der Waals surface area contributed by atoms with Crippen LogP contribution in [0, 0.1) is 5.92 Å². The number of imide groups is 1. The Kier molecular flexibility index (Phi) is 7.91. The van der Waals surface area contributed by atoms with E-state index in [1.165, 1.54) is 4.90 Å². The SMILES string of the molecule is CCCCOCCCN1C(=O)C(c2ccccc2OC)=C(N2CCCC(C)C2)C1=O. The number of ether oxygens (including phenoxy) is 2. The maximum atomic E-state index is 13.4. The molecule has 1 unspecified atom stereocenters. The first-order valence-corrected chi connectivity index (χ1v) is 11.1. The van der Waals surface area contributed by atoms with Gasteiger partial charge in [0.1, 0.15) is 11.4 Å². The molecule has 0 radical (unpaired) electrons. The van der Waals surface area contributed by atoms with Gasteiger partial charge >= 0.3 is 0 Å². The van der Waals surface area contributed by atoms with Gasteiger partial charge in [0, 0.05) is 38.4 Å². The molecule has 1 aromatic rings. The molecule has 0 bridgehead atoms. The van der Waals surface area contributed by atoms with E-state index in [0.29, 0.717) is 48.1 Å². The summed E-state index contributed by atoms with van der Waals surface area (Å²) in [5, 5.41) is 0. The molecule has 0 aromatic heterocycles. The number of hydrogen-bond acceptors (Lipinski definition) is 5. The number of hydrogen-bond donors (Lipinski definition) is 0. The van der Waals surface area contributed by atoms with Crippen LogP contribution in [0.25, 0.3) is 5.57 Å². The Morgan fingerprint density at radius 3 is 2.60 bits per heavy atom. The summed E-state index contributed by atoms with van der Waals surface area (Å²) in [6.07, 6.45) is 4.93. The minimum Gasteiger partial charge on any atom is -0.496 e. The normalized spacial score (nSPS) is 19.8. The van der Waals surface area contributed by atoms with Gasteiger partial charge in [-0.25, -0.2) is 0 Å². The van der Waals surface area contributed by atoms with Crippen LogP contribution in [0.5, 0.6) is 5.75 Å². The molecule has 0 N–H and O–H groups in total. The van der Waals surface area contributed by atoms with Crippen LogP contribution in [0.4, 0.5) is 0 Å². The molecule has 6 nitrogen and oxygen atoms in total. The van der Waals surface area contributed by atoms with Crippen LogP contribution in [0.2, 0.25) is 0 Å². The zero-order valence-corrected chi connectivity index (χ0v) is 18.5. The zero-order chi connectivity index (χ0) is 21.5. The number of likely N-dealkylation sites (tertiary alicyclic amines) is 1. The van der Waals surface area contributed by atoms with E-state index in [2.05, 4.69) is 18.7 Å². The van der Waals surface area contributed by atoms with E-state index in [1.807, 2.05) is 24.3 Å². The van der Waals surface area contributed by atoms with Crippen LogP contribution in [0.1, 0.15) is 51.5 Å². The van der Waals surface area contributed by atoms with Gasteiger partial charge in [-0.15, -0.1) is 0 Å². The Balaban J connectivity index is 1.85. The number of carbonyl (C=O) groups excluding carboxylic acids is 2. The Morgan fingerprint density at radius 1 is 1.10 bits per heavy atom. The smallest absolute Gasteiger partial charge is 0.277 e. The van der Waals surface area contributed by atoms with Crippen molar-refractivity contribution in [2.45, 2.75) is 46.0 Å². The molecule has 2 aliphatic heterocycles. The van der Waals surface area contributed by atoms with Crippen molar-refractivity contribution in [3.05, 3.63) is 35.5 Å². The number of rotatable bonds is 10. The summed E-state index contributed by atoms with van der Waals surface area (Å²) in [7, 11) is 1.59. The van der Waals surface area contributed by atoms with E-state index in [4.69, 9.17) is 9.47 Å². The third-order valence-electron chi connectivity index (χ3n) is 5.81. The highest BCUT2D eigenvalue weighted by atomic mass is 16.5. The number of amides is 2. The number of carbonyl (C=O) groups is 2. The molecule has 0 spiro atoms. The molecule has 2 amide bonds. The van der Waals surface area contributed by atoms with Crippen molar-refractivity contribution in [1.29, 1.82) is 0 Å². The minimum atomic E-state index is -0.230. The summed E-state index contributed by atoms with van der Waals surface area (Å²) < 4.78 is 11.1. The van der Waals surface area contributed by atoms with E-state index in [9.17, 15) is 9.59 Å². The molecule has 1 aromatic carbocycles. The largest absolute Gasteiger partial charge is 0.496 e. The minimum absolute atomic E-state index is 0.191. The molecular formula is C24H34N2O4. The lowest BCUT2D eigenvalue weighted by atomic mass is 9.97. The molecule has 1 atom stereocenters. The molecule has 2 aliphatic rings. The van der Waals surface area contributed by atoms with Crippen molar-refractivity contribution in [1.82, 2.24) is 9.80 Å². The van der Waals surface area contributed by atoms with Gasteiger partial charge in [0.2, 0.25) is 0 Å². The van der Waals surface area contributed by atoms with Crippen molar-refractivity contribution in [3.63, 3.8) is 0 Å². The summed E-state index contributed by atoms with van der Waals surface area (Å²) in [5.41, 5.74) is 1.69. The Hall–Kier alpha value is -2.34. The maximum Gasteiger partial charge on any atom is 0.277 e. The second kappa shape index (κ2) is 10.6. The molecule has 3 rings (SSSR count). The van der Waals surface area contributed by atoms with Crippen LogP contribution >= 0.6 is 0 Å². The Bertz CT molecular complexity index is 789. The third kappa shape index (κ3) is 4.86. The summed E-state index contributed by atoms with van der Waals surface area (Å²) >= 11 is 0. The highest BCUT2D eigenvalue weighted by Crippen LogP contribution is 2.37. The third-order valence-corrected chi connectivity index (χ3v) is 5.81. The Morgan fingerprint density at radius 2 is 1.87 bits per heavy atom. The first-order valence-electron chi connectivity index (χ1n) is 11.1. The summed E-state index contributed by atoms with van der Waals surface area (Å²) in [6.45, 7) is 7.56. The van der Waals surface area contributed by atoms with Gasteiger partial charge in [0.05, 0.1) is 12.7 Å². The van der Waals surface area contributed by atoms with Crippen molar-refractivity contribution >= 4 is 17.4 Å². The monoisotopic (exact) mass is 414 g/mol. The van der Waals surface area contributed by atoms with E-state index >= 15 is 0 Å². The van der Waals surface area contributed by atoms with E-state index in [0.717, 1.165) is 45.4 Å². The molecule has 6 heteroatoms. The number of methoxy groups -OCH3 is 1. The first-order chi connectivity index (χ1) is 14.6. The molecule has 1 saturated heterocycles. The van der Waals surface area contributed by atoms with E-state index in [-0.39, 0.29) is 11.8 Å². The lowest BCUT2D eigenvalue weighted by Gasteiger charge is -2.33. The van der Waals surface area contributed by atoms with Crippen LogP contribution in [-0.4, -0.2) is 61.6 Å².